The average molecular weight is 475 g/mol. The number of benzene rings is 2. The molecule has 5 rings (SSSR count). The van der Waals surface area contributed by atoms with Gasteiger partial charge in [-0.15, -0.1) is 5.10 Å². The minimum Gasteiger partial charge on any atom is -0.403 e. The first-order valence-electron chi connectivity index (χ1n) is 10.0. The molecule has 2 aromatic heterocycles. The van der Waals surface area contributed by atoms with Crippen LogP contribution in [0.4, 0.5) is 10.4 Å². The van der Waals surface area contributed by atoms with Gasteiger partial charge in [-0.1, -0.05) is 34.9 Å². The van der Waals surface area contributed by atoms with Gasteiger partial charge in [0.25, 0.3) is 10.9 Å². The first kappa shape index (κ1) is 21.0. The normalized spacial score (nSPS) is 17.9. The van der Waals surface area contributed by atoms with E-state index < -0.39 is 26.6 Å². The van der Waals surface area contributed by atoms with Crippen molar-refractivity contribution in [2.75, 3.05) is 19.0 Å². The van der Waals surface area contributed by atoms with Gasteiger partial charge in [0.1, 0.15) is 0 Å². The first-order valence-corrected chi connectivity index (χ1v) is 11.9. The van der Waals surface area contributed by atoms with Crippen LogP contribution in [0.5, 0.6) is 0 Å². The molecule has 4 aromatic rings. The van der Waals surface area contributed by atoms with Crippen LogP contribution in [0.1, 0.15) is 17.1 Å². The summed E-state index contributed by atoms with van der Waals surface area (Å²) >= 11 is 6.16. The van der Waals surface area contributed by atoms with Crippen molar-refractivity contribution in [3.8, 4) is 0 Å². The summed E-state index contributed by atoms with van der Waals surface area (Å²) in [4.78, 5) is 4.63. The zero-order valence-electron chi connectivity index (χ0n) is 17.3. The van der Waals surface area contributed by atoms with Gasteiger partial charge in [-0.3, -0.25) is 0 Å². The number of fused-ring (bicyclic) bond motifs is 3. The fraction of sp³-hybridized carbons (Fsp3) is 0.273. The summed E-state index contributed by atoms with van der Waals surface area (Å²) in [6.45, 7) is 0. The van der Waals surface area contributed by atoms with Gasteiger partial charge in [-0.05, 0) is 48.7 Å². The number of aromatic nitrogens is 3. The minimum absolute atomic E-state index is 0.0269. The molecular weight excluding hydrogens is 455 g/mol. The van der Waals surface area contributed by atoms with Crippen LogP contribution in [0.3, 0.4) is 0 Å². The summed E-state index contributed by atoms with van der Waals surface area (Å²) in [5, 5.41) is 6.16. The van der Waals surface area contributed by atoms with E-state index in [1.807, 2.05) is 6.07 Å². The fourth-order valence-electron chi connectivity index (χ4n) is 4.32. The van der Waals surface area contributed by atoms with E-state index in [-0.39, 0.29) is 23.8 Å². The lowest BCUT2D eigenvalue weighted by Crippen LogP contribution is -2.40. The Hall–Kier alpha value is -2.91. The molecule has 0 spiro atoms. The van der Waals surface area contributed by atoms with Crippen LogP contribution in [-0.4, -0.2) is 37.7 Å². The molecule has 0 saturated carbocycles. The first-order chi connectivity index (χ1) is 15.2. The van der Waals surface area contributed by atoms with E-state index in [0.717, 1.165) is 22.2 Å². The molecule has 1 aliphatic rings. The lowest BCUT2D eigenvalue weighted by Gasteiger charge is -2.28. The molecule has 2 atom stereocenters. The van der Waals surface area contributed by atoms with Crippen molar-refractivity contribution < 1.29 is 17.2 Å². The topological polar surface area (TPSA) is 92.1 Å². The van der Waals surface area contributed by atoms with Crippen LogP contribution >= 0.6 is 11.6 Å². The van der Waals surface area contributed by atoms with Crippen molar-refractivity contribution in [1.29, 1.82) is 0 Å². The maximum Gasteiger partial charge on any atom is 0.317 e. The minimum atomic E-state index is -4.53. The maximum absolute atomic E-state index is 17.0. The zero-order chi connectivity index (χ0) is 22.7. The number of H-pyrrole nitrogens is 1. The molecule has 2 unspecified atom stereocenters. The number of alkyl halides is 1. The average Bonchev–Trinajstić information content (AvgIpc) is 3.49. The van der Waals surface area contributed by atoms with E-state index in [4.69, 9.17) is 16.0 Å². The second-order valence-electron chi connectivity index (χ2n) is 8.12. The molecule has 2 aromatic carbocycles. The lowest BCUT2D eigenvalue weighted by atomic mass is 9.98. The highest BCUT2D eigenvalue weighted by Crippen LogP contribution is 2.49. The summed E-state index contributed by atoms with van der Waals surface area (Å²) in [5.74, 6) is -1.53. The summed E-state index contributed by atoms with van der Waals surface area (Å²) in [6.07, 6.45) is 0.349. The molecule has 166 valence electrons. The van der Waals surface area contributed by atoms with Crippen LogP contribution in [-0.2, 0) is 27.7 Å². The van der Waals surface area contributed by atoms with E-state index in [1.54, 1.807) is 44.4 Å². The predicted molar refractivity (Wildman–Crippen MR) is 119 cm³/mol. The molecule has 0 radical (unpaired) electrons. The Labute approximate surface area is 189 Å². The third kappa shape index (κ3) is 3.02. The monoisotopic (exact) mass is 474 g/mol. The Bertz CT molecular complexity index is 1420. The molecule has 1 N–H and O–H groups in total. The van der Waals surface area contributed by atoms with Crippen LogP contribution in [0.25, 0.3) is 10.9 Å². The molecule has 1 aliphatic carbocycles. The van der Waals surface area contributed by atoms with Crippen molar-refractivity contribution >= 4 is 38.4 Å². The van der Waals surface area contributed by atoms with E-state index >= 15 is 4.39 Å². The third-order valence-electron chi connectivity index (χ3n) is 5.92. The van der Waals surface area contributed by atoms with Crippen LogP contribution in [0.2, 0.25) is 5.02 Å². The molecule has 0 bridgehead atoms. The van der Waals surface area contributed by atoms with E-state index in [1.165, 1.54) is 17.0 Å². The summed E-state index contributed by atoms with van der Waals surface area (Å²) in [7, 11) is -1.22. The van der Waals surface area contributed by atoms with Gasteiger partial charge < -0.3 is 14.3 Å². The van der Waals surface area contributed by atoms with Gasteiger partial charge in [0, 0.05) is 41.6 Å². The molecule has 10 heteroatoms. The number of hydrogen-bond acceptors (Lipinski definition) is 6. The van der Waals surface area contributed by atoms with E-state index in [2.05, 4.69) is 15.2 Å². The maximum atomic E-state index is 17.0. The van der Waals surface area contributed by atoms with Crippen molar-refractivity contribution in [3.05, 3.63) is 70.7 Å². The van der Waals surface area contributed by atoms with Gasteiger partial charge in [-0.25, -0.2) is 12.8 Å². The van der Waals surface area contributed by atoms with Gasteiger partial charge >= 0.3 is 6.01 Å². The lowest BCUT2D eigenvalue weighted by molar-refractivity contribution is 0.140. The number of nitrogens with zero attached hydrogens (tertiary/aromatic N) is 3. The van der Waals surface area contributed by atoms with Crippen LogP contribution in [0, 0.1) is 5.92 Å². The number of sulfone groups is 1. The third-order valence-corrected chi connectivity index (χ3v) is 8.33. The Kier molecular flexibility index (Phi) is 4.79. The highest BCUT2D eigenvalue weighted by molar-refractivity contribution is 7.92. The van der Waals surface area contributed by atoms with Gasteiger partial charge in [0.05, 0.1) is 4.90 Å². The van der Waals surface area contributed by atoms with Gasteiger partial charge in [-0.2, -0.15) is 0 Å². The molecule has 0 aliphatic heterocycles. The Balaban J connectivity index is 1.65. The molecular formula is C22H20ClFN4O3S. The number of rotatable bonds is 5. The molecule has 2 heterocycles. The van der Waals surface area contributed by atoms with Gasteiger partial charge in [0.2, 0.25) is 9.84 Å². The van der Waals surface area contributed by atoms with Gasteiger partial charge in [0.15, 0.2) is 0 Å². The van der Waals surface area contributed by atoms with E-state index in [9.17, 15) is 8.42 Å². The Morgan fingerprint density at radius 2 is 1.91 bits per heavy atom. The molecule has 32 heavy (non-hydrogen) atoms. The van der Waals surface area contributed by atoms with Crippen molar-refractivity contribution in [2.24, 2.45) is 5.92 Å². The molecule has 0 saturated heterocycles. The number of halogens is 2. The quantitative estimate of drug-likeness (QED) is 0.464. The van der Waals surface area contributed by atoms with Crippen LogP contribution in [0.15, 0.2) is 57.8 Å². The van der Waals surface area contributed by atoms with E-state index in [0.29, 0.717) is 5.02 Å². The zero-order valence-corrected chi connectivity index (χ0v) is 18.9. The van der Waals surface area contributed by atoms with Crippen molar-refractivity contribution in [2.45, 2.75) is 22.7 Å². The number of nitrogens with one attached hydrogen (secondary N) is 1. The Morgan fingerprint density at radius 3 is 2.59 bits per heavy atom. The highest BCUT2D eigenvalue weighted by atomic mass is 35.5. The Morgan fingerprint density at radius 1 is 1.16 bits per heavy atom. The predicted octanol–water partition coefficient (Wildman–Crippen LogP) is 4.28. The SMILES string of the molecule is CN(C)c1nnc(C(F)(C2Cc3[nH]c4ccc(Cl)cc4c3C2)S(=O)(=O)c2ccccc2)o1. The van der Waals surface area contributed by atoms with Crippen molar-refractivity contribution in [3.63, 3.8) is 0 Å². The van der Waals surface area contributed by atoms with Crippen molar-refractivity contribution in [1.82, 2.24) is 15.2 Å². The summed E-state index contributed by atoms with van der Waals surface area (Å²) in [6, 6.07) is 13.0. The smallest absolute Gasteiger partial charge is 0.317 e. The fourth-order valence-corrected chi connectivity index (χ4v) is 6.27. The second-order valence-corrected chi connectivity index (χ2v) is 10.6. The largest absolute Gasteiger partial charge is 0.403 e. The summed E-state index contributed by atoms with van der Waals surface area (Å²) < 4.78 is 49.9. The number of aromatic amines is 1. The standard InChI is InChI=1S/C22H20ClFN4O3S/c1-28(2)21-27-26-20(31-21)22(24,32(29,30)15-6-4-3-5-7-15)13-10-16-17-12-14(23)8-9-18(17)25-19(16)11-13/h3-9,12-13,25H,10-11H2,1-2H3. The number of hydrogen-bond donors (Lipinski definition) is 1. The second kappa shape index (κ2) is 7.31. The molecule has 7 nitrogen and oxygen atoms in total. The van der Waals surface area contributed by atoms with Crippen LogP contribution < -0.4 is 4.90 Å². The number of anilines is 1. The molecule has 0 amide bonds. The molecule has 0 fully saturated rings. The summed E-state index contributed by atoms with van der Waals surface area (Å²) in [5.41, 5.74) is 2.51. The highest BCUT2D eigenvalue weighted by Gasteiger charge is 2.59.